The predicted molar refractivity (Wildman–Crippen MR) is 95.6 cm³/mol. The van der Waals surface area contributed by atoms with Crippen molar-refractivity contribution in [2.45, 2.75) is 18.6 Å². The van der Waals surface area contributed by atoms with Gasteiger partial charge in [-0.25, -0.2) is 4.99 Å². The molecule has 1 fully saturated rings. The topological polar surface area (TPSA) is 41.5 Å². The number of rotatable bonds is 3. The third kappa shape index (κ3) is 3.78. The third-order valence-electron chi connectivity index (χ3n) is 3.38. The largest absolute Gasteiger partial charge is 0.304 e. The van der Waals surface area contributed by atoms with Crippen LogP contribution in [0.2, 0.25) is 0 Å². The van der Waals surface area contributed by atoms with Crippen molar-refractivity contribution in [1.29, 1.82) is 0 Å². The lowest BCUT2D eigenvalue weighted by Crippen LogP contribution is -2.25. The molecular weight excluding hydrogens is 360 g/mol. The first-order chi connectivity index (χ1) is 10.6. The average Bonchev–Trinajstić information content (AvgIpc) is 2.84. The van der Waals surface area contributed by atoms with E-state index >= 15 is 0 Å². The second-order valence-corrected chi connectivity index (χ2v) is 7.29. The number of thioether (sulfide) groups is 1. The second kappa shape index (κ2) is 6.67. The molecule has 2 aromatic rings. The predicted octanol–water partition coefficient (Wildman–Crippen LogP) is 4.22. The number of hydrogen-bond donors (Lipinski definition) is 1. The summed E-state index contributed by atoms with van der Waals surface area (Å²) in [4.78, 5) is 16.6. The number of halogens is 1. The molecule has 3 nitrogen and oxygen atoms in total. The standard InChI is InChI=1S/C17H15BrN2OS/c1-11-2-4-12(5-3-11)10-15-16(21)20-17(22-15)19-14-8-6-13(18)7-9-14/h2-9,15H,10H2,1H3,(H,19,20,21). The molecule has 1 amide bonds. The van der Waals surface area contributed by atoms with E-state index < -0.39 is 0 Å². The minimum Gasteiger partial charge on any atom is -0.304 e. The Hall–Kier alpha value is -1.59. The summed E-state index contributed by atoms with van der Waals surface area (Å²) in [6.45, 7) is 2.06. The molecule has 0 saturated carbocycles. The third-order valence-corrected chi connectivity index (χ3v) is 4.99. The first-order valence-corrected chi connectivity index (χ1v) is 8.65. The Bertz CT molecular complexity index is 710. The normalized spacial score (nSPS) is 19.5. The van der Waals surface area contributed by atoms with E-state index in [4.69, 9.17) is 0 Å². The van der Waals surface area contributed by atoms with Crippen LogP contribution in [0.4, 0.5) is 5.69 Å². The summed E-state index contributed by atoms with van der Waals surface area (Å²) in [6.07, 6.45) is 0.718. The van der Waals surface area contributed by atoms with Crippen molar-refractivity contribution in [3.05, 3.63) is 64.1 Å². The van der Waals surface area contributed by atoms with Crippen molar-refractivity contribution in [3.63, 3.8) is 0 Å². The highest BCUT2D eigenvalue weighted by Gasteiger charge is 2.30. The van der Waals surface area contributed by atoms with Crippen LogP contribution in [0.15, 0.2) is 58.0 Å². The number of benzene rings is 2. The van der Waals surface area contributed by atoms with Crippen molar-refractivity contribution in [2.24, 2.45) is 4.99 Å². The maximum Gasteiger partial charge on any atom is 0.239 e. The quantitative estimate of drug-likeness (QED) is 0.873. The fraction of sp³-hybridized carbons (Fsp3) is 0.176. The van der Waals surface area contributed by atoms with Gasteiger partial charge in [-0.1, -0.05) is 57.5 Å². The van der Waals surface area contributed by atoms with Gasteiger partial charge in [-0.05, 0) is 43.2 Å². The van der Waals surface area contributed by atoms with Gasteiger partial charge in [0.05, 0.1) is 10.9 Å². The van der Waals surface area contributed by atoms with Gasteiger partial charge in [0.25, 0.3) is 0 Å². The first kappa shape index (κ1) is 15.3. The molecule has 0 bridgehead atoms. The molecule has 0 radical (unpaired) electrons. The van der Waals surface area contributed by atoms with E-state index in [1.807, 2.05) is 24.3 Å². The van der Waals surface area contributed by atoms with Crippen molar-refractivity contribution >= 4 is 44.5 Å². The van der Waals surface area contributed by atoms with Crippen molar-refractivity contribution < 1.29 is 4.79 Å². The molecular formula is C17H15BrN2OS. The maximum atomic E-state index is 12.1. The van der Waals surface area contributed by atoms with Crippen LogP contribution in [0.25, 0.3) is 0 Å². The van der Waals surface area contributed by atoms with E-state index in [1.165, 1.54) is 22.9 Å². The first-order valence-electron chi connectivity index (χ1n) is 6.97. The van der Waals surface area contributed by atoms with E-state index in [-0.39, 0.29) is 11.2 Å². The highest BCUT2D eigenvalue weighted by Crippen LogP contribution is 2.26. The number of amides is 1. The van der Waals surface area contributed by atoms with Gasteiger partial charge in [0.15, 0.2) is 5.17 Å². The molecule has 0 aliphatic carbocycles. The summed E-state index contributed by atoms with van der Waals surface area (Å²) in [5, 5.41) is 3.42. The Kier molecular flexibility index (Phi) is 4.64. The molecule has 0 spiro atoms. The summed E-state index contributed by atoms with van der Waals surface area (Å²) in [5.74, 6) is 0.0291. The van der Waals surface area contributed by atoms with Gasteiger partial charge < -0.3 is 5.32 Å². The Morgan fingerprint density at radius 3 is 2.50 bits per heavy atom. The molecule has 3 rings (SSSR count). The molecule has 1 unspecified atom stereocenters. The van der Waals surface area contributed by atoms with Crippen molar-refractivity contribution in [2.75, 3.05) is 0 Å². The van der Waals surface area contributed by atoms with Gasteiger partial charge >= 0.3 is 0 Å². The Labute approximate surface area is 142 Å². The van der Waals surface area contributed by atoms with Crippen molar-refractivity contribution in [1.82, 2.24) is 5.32 Å². The van der Waals surface area contributed by atoms with E-state index in [0.717, 1.165) is 16.6 Å². The van der Waals surface area contributed by atoms with Gasteiger partial charge in [0, 0.05) is 4.47 Å². The van der Waals surface area contributed by atoms with Crippen LogP contribution in [0, 0.1) is 6.92 Å². The monoisotopic (exact) mass is 374 g/mol. The number of amidine groups is 1. The number of carbonyl (C=O) groups excluding carboxylic acids is 1. The van der Waals surface area contributed by atoms with Gasteiger partial charge in [0.1, 0.15) is 0 Å². The summed E-state index contributed by atoms with van der Waals surface area (Å²) in [6, 6.07) is 16.0. The molecule has 1 aliphatic rings. The maximum absolute atomic E-state index is 12.1. The molecule has 1 saturated heterocycles. The number of nitrogens with one attached hydrogen (secondary N) is 1. The van der Waals surface area contributed by atoms with Gasteiger partial charge in [-0.3, -0.25) is 4.79 Å². The van der Waals surface area contributed by atoms with Crippen LogP contribution in [0.3, 0.4) is 0 Å². The number of carbonyl (C=O) groups is 1. The van der Waals surface area contributed by atoms with Crippen LogP contribution >= 0.6 is 27.7 Å². The summed E-state index contributed by atoms with van der Waals surface area (Å²) in [5.41, 5.74) is 3.23. The van der Waals surface area contributed by atoms with Crippen LogP contribution in [-0.2, 0) is 11.2 Å². The van der Waals surface area contributed by atoms with E-state index in [2.05, 4.69) is 57.4 Å². The molecule has 2 aromatic carbocycles. The number of aliphatic imine (C=N–C) groups is 1. The highest BCUT2D eigenvalue weighted by molar-refractivity contribution is 9.10. The van der Waals surface area contributed by atoms with E-state index in [9.17, 15) is 4.79 Å². The van der Waals surface area contributed by atoms with Crippen LogP contribution in [-0.4, -0.2) is 16.3 Å². The minimum absolute atomic E-state index is 0.0291. The zero-order chi connectivity index (χ0) is 15.5. The fourth-order valence-corrected chi connectivity index (χ4v) is 3.46. The molecule has 0 aromatic heterocycles. The van der Waals surface area contributed by atoms with E-state index in [0.29, 0.717) is 5.17 Å². The van der Waals surface area contributed by atoms with Gasteiger partial charge in [-0.2, -0.15) is 0 Å². The van der Waals surface area contributed by atoms with Crippen LogP contribution < -0.4 is 5.32 Å². The minimum atomic E-state index is -0.114. The van der Waals surface area contributed by atoms with Crippen LogP contribution in [0.1, 0.15) is 11.1 Å². The number of aryl methyl sites for hydroxylation is 1. The zero-order valence-corrected chi connectivity index (χ0v) is 14.4. The second-order valence-electron chi connectivity index (χ2n) is 5.18. The van der Waals surface area contributed by atoms with Gasteiger partial charge in [-0.15, -0.1) is 0 Å². The molecule has 22 heavy (non-hydrogen) atoms. The Balaban J connectivity index is 1.70. The molecule has 5 heteroatoms. The summed E-state index contributed by atoms with van der Waals surface area (Å²) in [7, 11) is 0. The smallest absolute Gasteiger partial charge is 0.239 e. The number of hydrogen-bond acceptors (Lipinski definition) is 3. The van der Waals surface area contributed by atoms with Crippen LogP contribution in [0.5, 0.6) is 0 Å². The Morgan fingerprint density at radius 1 is 1.14 bits per heavy atom. The molecule has 1 N–H and O–H groups in total. The SMILES string of the molecule is Cc1ccc(CC2SC(=Nc3ccc(Br)cc3)NC2=O)cc1. The fourth-order valence-electron chi connectivity index (χ4n) is 2.16. The lowest BCUT2D eigenvalue weighted by molar-refractivity contribution is -0.118. The molecule has 1 heterocycles. The molecule has 1 aliphatic heterocycles. The van der Waals surface area contributed by atoms with Crippen molar-refractivity contribution in [3.8, 4) is 0 Å². The molecule has 1 atom stereocenters. The lowest BCUT2D eigenvalue weighted by atomic mass is 10.1. The number of nitrogens with zero attached hydrogens (tertiary/aromatic N) is 1. The summed E-state index contributed by atoms with van der Waals surface area (Å²) < 4.78 is 1.01. The zero-order valence-electron chi connectivity index (χ0n) is 12.0. The van der Waals surface area contributed by atoms with E-state index in [1.54, 1.807) is 0 Å². The highest BCUT2D eigenvalue weighted by atomic mass is 79.9. The summed E-state index contributed by atoms with van der Waals surface area (Å²) >= 11 is 4.89. The Morgan fingerprint density at radius 2 is 1.82 bits per heavy atom. The molecule has 112 valence electrons. The average molecular weight is 375 g/mol. The lowest BCUT2D eigenvalue weighted by Gasteiger charge is -2.05. The van der Waals surface area contributed by atoms with Gasteiger partial charge in [0.2, 0.25) is 5.91 Å².